The number of ether oxygens (including phenoxy) is 1. The molecule has 2 aromatic heterocycles. The third kappa shape index (κ3) is 4.64. The summed E-state index contributed by atoms with van der Waals surface area (Å²) in [6, 6.07) is 21.6. The van der Waals surface area contributed by atoms with E-state index in [-0.39, 0.29) is 12.6 Å². The summed E-state index contributed by atoms with van der Waals surface area (Å²) in [7, 11) is 0. The summed E-state index contributed by atoms with van der Waals surface area (Å²) in [5.74, 6) is 1.04. The molecule has 0 saturated heterocycles. The van der Waals surface area contributed by atoms with E-state index in [1.807, 2.05) is 65.5 Å². The zero-order chi connectivity index (χ0) is 23.5. The number of nitrogens with zero attached hydrogens (tertiary/aromatic N) is 3. The Hall–Kier alpha value is -3.36. The molecule has 1 aliphatic rings. The maximum atomic E-state index is 13.3. The van der Waals surface area contributed by atoms with Gasteiger partial charge in [0.25, 0.3) is 0 Å². The lowest BCUT2D eigenvalue weighted by atomic mass is 10.00. The second-order valence-corrected chi connectivity index (χ2v) is 9.92. The monoisotopic (exact) mass is 488 g/mol. The molecule has 3 heterocycles. The van der Waals surface area contributed by atoms with Gasteiger partial charge in [-0.3, -0.25) is 0 Å². The number of anilines is 1. The summed E-state index contributed by atoms with van der Waals surface area (Å²) < 4.78 is 7.55. The smallest absolute Gasteiger partial charge is 0.338 e. The number of nitrogens with one attached hydrogen (secondary N) is 1. The maximum Gasteiger partial charge on any atom is 0.338 e. The highest BCUT2D eigenvalue weighted by Crippen LogP contribution is 2.40. The first-order chi connectivity index (χ1) is 16.6. The summed E-state index contributed by atoms with van der Waals surface area (Å²) in [5.41, 5.74) is 4.55. The molecule has 0 fully saturated rings. The van der Waals surface area contributed by atoms with E-state index in [4.69, 9.17) is 14.8 Å². The minimum atomic E-state index is -0.391. The standard InChI is InChI=1S/C26H24N4O2S2/c1-17-13-14-33-23(17)22-21(24(31)32-15-19-9-5-3-6-10-19)18(2)27-25-28-26(29-30(22)25)34-16-20-11-7-4-8-12-20/h3-14,22H,15-16H2,1-2H3,(H,27,28,29). The first-order valence-electron chi connectivity index (χ1n) is 11.0. The van der Waals surface area contributed by atoms with Gasteiger partial charge in [0.15, 0.2) is 0 Å². The highest BCUT2D eigenvalue weighted by Gasteiger charge is 2.36. The number of aryl methyl sites for hydroxylation is 1. The Labute approximate surface area is 206 Å². The molecule has 1 unspecified atom stereocenters. The van der Waals surface area contributed by atoms with Crippen LogP contribution in [-0.4, -0.2) is 20.7 Å². The Bertz CT molecular complexity index is 1330. The summed E-state index contributed by atoms with van der Waals surface area (Å²) in [6.45, 7) is 4.16. The number of thiophene rings is 1. The third-order valence-corrected chi connectivity index (χ3v) is 7.61. The van der Waals surface area contributed by atoms with Gasteiger partial charge in [-0.1, -0.05) is 72.4 Å². The van der Waals surface area contributed by atoms with Crippen molar-refractivity contribution in [3.8, 4) is 0 Å². The molecule has 0 spiro atoms. The highest BCUT2D eigenvalue weighted by atomic mass is 32.2. The van der Waals surface area contributed by atoms with Crippen LogP contribution in [0, 0.1) is 6.92 Å². The van der Waals surface area contributed by atoms with Crippen molar-refractivity contribution >= 4 is 35.0 Å². The highest BCUT2D eigenvalue weighted by molar-refractivity contribution is 7.98. The Kier molecular flexibility index (Phi) is 6.51. The first-order valence-corrected chi connectivity index (χ1v) is 12.8. The molecular weight excluding hydrogens is 464 g/mol. The predicted molar refractivity (Wildman–Crippen MR) is 136 cm³/mol. The van der Waals surface area contributed by atoms with Gasteiger partial charge in [0, 0.05) is 16.3 Å². The SMILES string of the molecule is CC1=C(C(=O)OCc2ccccc2)C(c2sccc2C)n2nc(SCc3ccccc3)nc2N1. The van der Waals surface area contributed by atoms with Gasteiger partial charge in [0.05, 0.1) is 5.57 Å². The zero-order valence-electron chi connectivity index (χ0n) is 18.9. The minimum Gasteiger partial charge on any atom is -0.457 e. The lowest BCUT2D eigenvalue weighted by Gasteiger charge is -2.27. The molecule has 172 valence electrons. The summed E-state index contributed by atoms with van der Waals surface area (Å²) in [4.78, 5) is 19.1. The van der Waals surface area contributed by atoms with Crippen molar-refractivity contribution in [2.24, 2.45) is 0 Å². The fourth-order valence-corrected chi connectivity index (χ4v) is 5.69. The van der Waals surface area contributed by atoms with Gasteiger partial charge in [-0.15, -0.1) is 16.4 Å². The van der Waals surface area contributed by atoms with Crippen LogP contribution in [0.1, 0.15) is 34.5 Å². The van der Waals surface area contributed by atoms with Gasteiger partial charge < -0.3 is 10.1 Å². The number of esters is 1. The number of benzene rings is 2. The fraction of sp³-hybridized carbons (Fsp3) is 0.192. The van der Waals surface area contributed by atoms with Gasteiger partial charge >= 0.3 is 5.97 Å². The Morgan fingerprint density at radius 2 is 1.76 bits per heavy atom. The summed E-state index contributed by atoms with van der Waals surface area (Å²) in [5, 5.41) is 10.8. The average Bonchev–Trinajstić information content (AvgIpc) is 3.47. The van der Waals surface area contributed by atoms with Crippen molar-refractivity contribution in [3.05, 3.63) is 105 Å². The molecule has 0 bridgehead atoms. The van der Waals surface area contributed by atoms with E-state index in [2.05, 4.69) is 30.4 Å². The lowest BCUT2D eigenvalue weighted by Crippen LogP contribution is -2.29. The molecular formula is C26H24N4O2S2. The Morgan fingerprint density at radius 3 is 2.44 bits per heavy atom. The van der Waals surface area contributed by atoms with Crippen LogP contribution < -0.4 is 5.32 Å². The lowest BCUT2D eigenvalue weighted by molar-refractivity contribution is -0.140. The number of hydrogen-bond acceptors (Lipinski definition) is 7. The zero-order valence-corrected chi connectivity index (χ0v) is 20.5. The Balaban J connectivity index is 1.44. The maximum absolute atomic E-state index is 13.3. The quantitative estimate of drug-likeness (QED) is 0.255. The van der Waals surface area contributed by atoms with Crippen LogP contribution in [0.2, 0.25) is 0 Å². The molecule has 8 heteroatoms. The van der Waals surface area contributed by atoms with Crippen molar-refractivity contribution in [2.75, 3.05) is 5.32 Å². The van der Waals surface area contributed by atoms with Gasteiger partial charge in [-0.2, -0.15) is 4.98 Å². The topological polar surface area (TPSA) is 69.0 Å². The molecule has 34 heavy (non-hydrogen) atoms. The van der Waals surface area contributed by atoms with E-state index in [0.29, 0.717) is 16.7 Å². The second kappa shape index (κ2) is 9.87. The van der Waals surface area contributed by atoms with E-state index in [9.17, 15) is 4.79 Å². The molecule has 5 rings (SSSR count). The number of aromatic nitrogens is 3. The molecule has 2 aromatic carbocycles. The van der Waals surface area contributed by atoms with E-state index in [0.717, 1.165) is 27.5 Å². The van der Waals surface area contributed by atoms with Crippen molar-refractivity contribution in [1.82, 2.24) is 14.8 Å². The van der Waals surface area contributed by atoms with E-state index in [1.165, 1.54) is 5.56 Å². The minimum absolute atomic E-state index is 0.217. The van der Waals surface area contributed by atoms with Crippen LogP contribution in [0.25, 0.3) is 0 Å². The second-order valence-electron chi connectivity index (χ2n) is 8.03. The molecule has 6 nitrogen and oxygen atoms in total. The van der Waals surface area contributed by atoms with E-state index >= 15 is 0 Å². The van der Waals surface area contributed by atoms with Gasteiger partial charge in [-0.25, -0.2) is 9.48 Å². The van der Waals surface area contributed by atoms with Crippen LogP contribution in [0.5, 0.6) is 0 Å². The molecule has 1 N–H and O–H groups in total. The van der Waals surface area contributed by atoms with Crippen molar-refractivity contribution in [1.29, 1.82) is 0 Å². The number of hydrogen-bond donors (Lipinski definition) is 1. The number of fused-ring (bicyclic) bond motifs is 1. The average molecular weight is 489 g/mol. The molecule has 0 radical (unpaired) electrons. The number of carbonyl (C=O) groups excluding carboxylic acids is 1. The molecule has 4 aromatic rings. The van der Waals surface area contributed by atoms with Crippen molar-refractivity contribution in [2.45, 2.75) is 37.4 Å². The largest absolute Gasteiger partial charge is 0.457 e. The molecule has 0 amide bonds. The van der Waals surface area contributed by atoms with Crippen LogP contribution >= 0.6 is 23.1 Å². The van der Waals surface area contributed by atoms with Gasteiger partial charge in [0.1, 0.15) is 12.6 Å². The number of rotatable bonds is 7. The Morgan fingerprint density at radius 1 is 1.06 bits per heavy atom. The van der Waals surface area contributed by atoms with Gasteiger partial charge in [0.2, 0.25) is 11.1 Å². The number of allylic oxidation sites excluding steroid dienone is 1. The van der Waals surface area contributed by atoms with Crippen LogP contribution in [0.4, 0.5) is 5.95 Å². The van der Waals surface area contributed by atoms with Crippen molar-refractivity contribution < 1.29 is 9.53 Å². The van der Waals surface area contributed by atoms with Crippen LogP contribution in [-0.2, 0) is 21.9 Å². The van der Waals surface area contributed by atoms with Crippen LogP contribution in [0.3, 0.4) is 0 Å². The summed E-state index contributed by atoms with van der Waals surface area (Å²) in [6.07, 6.45) is 0. The predicted octanol–water partition coefficient (Wildman–Crippen LogP) is 5.97. The number of carbonyl (C=O) groups is 1. The third-order valence-electron chi connectivity index (χ3n) is 5.63. The molecule has 1 atom stereocenters. The summed E-state index contributed by atoms with van der Waals surface area (Å²) >= 11 is 3.19. The van der Waals surface area contributed by atoms with E-state index in [1.54, 1.807) is 23.1 Å². The molecule has 1 aliphatic heterocycles. The van der Waals surface area contributed by atoms with E-state index < -0.39 is 6.04 Å². The number of thioether (sulfide) groups is 1. The molecule has 0 saturated carbocycles. The fourth-order valence-electron chi connectivity index (χ4n) is 3.89. The molecule has 0 aliphatic carbocycles. The first kappa shape index (κ1) is 22.4. The normalized spacial score (nSPS) is 15.1. The van der Waals surface area contributed by atoms with Crippen molar-refractivity contribution in [3.63, 3.8) is 0 Å². The van der Waals surface area contributed by atoms with Gasteiger partial charge in [-0.05, 0) is 42.0 Å². The van der Waals surface area contributed by atoms with Crippen LogP contribution in [0.15, 0.2) is 88.5 Å².